The largest absolute Gasteiger partial charge is 0.493 e. The summed E-state index contributed by atoms with van der Waals surface area (Å²) in [7, 11) is 0. The van der Waals surface area contributed by atoms with Crippen LogP contribution in [0.1, 0.15) is 6.92 Å². The normalized spacial score (nSPS) is 10.5. The molecule has 0 aliphatic rings. The number of alkyl halides is 2. The fraction of sp³-hybridized carbons (Fsp3) is 0.333. The van der Waals surface area contributed by atoms with Gasteiger partial charge in [0, 0.05) is 0 Å². The monoisotopic (exact) mass is 344 g/mol. The first-order valence-electron chi connectivity index (χ1n) is 4.11. The summed E-state index contributed by atoms with van der Waals surface area (Å²) in [5.74, 6) is 0.645. The van der Waals surface area contributed by atoms with Crippen molar-refractivity contribution in [2.24, 2.45) is 0 Å². The number of rotatable bonds is 4. The molecule has 0 atom stereocenters. The van der Waals surface area contributed by atoms with Gasteiger partial charge in [-0.25, -0.2) is 0 Å². The lowest BCUT2D eigenvalue weighted by molar-refractivity contribution is -0.0504. The van der Waals surface area contributed by atoms with Crippen molar-refractivity contribution in [2.75, 3.05) is 6.61 Å². The SMILES string of the molecule is CCOc1cc(Br)c(OC(F)F)cc1Br. The molecule has 0 aliphatic carbocycles. The van der Waals surface area contributed by atoms with Gasteiger partial charge in [0.05, 0.1) is 15.6 Å². The summed E-state index contributed by atoms with van der Waals surface area (Å²) < 4.78 is 34.5. The summed E-state index contributed by atoms with van der Waals surface area (Å²) in [6, 6.07) is 3.01. The third-order valence-corrected chi connectivity index (χ3v) is 2.74. The van der Waals surface area contributed by atoms with E-state index in [1.54, 1.807) is 6.07 Å². The van der Waals surface area contributed by atoms with Crippen LogP contribution in [0.2, 0.25) is 0 Å². The maximum Gasteiger partial charge on any atom is 0.387 e. The van der Waals surface area contributed by atoms with Crippen LogP contribution in [0.3, 0.4) is 0 Å². The molecule has 6 heteroatoms. The maximum absolute atomic E-state index is 12.0. The zero-order valence-corrected chi connectivity index (χ0v) is 10.9. The van der Waals surface area contributed by atoms with Gasteiger partial charge in [-0.1, -0.05) is 0 Å². The summed E-state index contributed by atoms with van der Waals surface area (Å²) in [6.45, 7) is -0.504. The molecular formula is C9H8Br2F2O2. The summed E-state index contributed by atoms with van der Waals surface area (Å²) in [4.78, 5) is 0. The van der Waals surface area contributed by atoms with E-state index in [9.17, 15) is 8.78 Å². The molecule has 0 saturated heterocycles. The first-order chi connectivity index (χ1) is 7.04. The van der Waals surface area contributed by atoms with Crippen molar-refractivity contribution in [1.82, 2.24) is 0 Å². The van der Waals surface area contributed by atoms with E-state index in [-0.39, 0.29) is 5.75 Å². The van der Waals surface area contributed by atoms with Crippen molar-refractivity contribution >= 4 is 31.9 Å². The Balaban J connectivity index is 2.97. The predicted octanol–water partition coefficient (Wildman–Crippen LogP) is 4.21. The molecule has 0 N–H and O–H groups in total. The third kappa shape index (κ3) is 3.61. The molecule has 0 heterocycles. The number of benzene rings is 1. The molecule has 0 amide bonds. The molecule has 84 valence electrons. The van der Waals surface area contributed by atoms with E-state index in [0.717, 1.165) is 0 Å². The average Bonchev–Trinajstić information content (AvgIpc) is 2.13. The zero-order chi connectivity index (χ0) is 11.4. The summed E-state index contributed by atoms with van der Waals surface area (Å²) >= 11 is 6.32. The number of hydrogen-bond donors (Lipinski definition) is 0. The summed E-state index contributed by atoms with van der Waals surface area (Å²) in [5, 5.41) is 0. The quantitative estimate of drug-likeness (QED) is 0.813. The molecule has 1 aromatic carbocycles. The lowest BCUT2D eigenvalue weighted by Gasteiger charge is -2.11. The first-order valence-corrected chi connectivity index (χ1v) is 5.69. The van der Waals surface area contributed by atoms with Gasteiger partial charge >= 0.3 is 6.61 Å². The van der Waals surface area contributed by atoms with Crippen molar-refractivity contribution in [2.45, 2.75) is 13.5 Å². The molecule has 0 aliphatic heterocycles. The van der Waals surface area contributed by atoms with Crippen LogP contribution >= 0.6 is 31.9 Å². The number of halogens is 4. The lowest BCUT2D eigenvalue weighted by atomic mass is 10.3. The second-order valence-corrected chi connectivity index (χ2v) is 4.23. The van der Waals surface area contributed by atoms with E-state index in [1.165, 1.54) is 6.07 Å². The Morgan fingerprint density at radius 1 is 1.20 bits per heavy atom. The van der Waals surface area contributed by atoms with Gasteiger partial charge in [0.1, 0.15) is 11.5 Å². The average molecular weight is 346 g/mol. The summed E-state index contributed by atoms with van der Waals surface area (Å²) in [5.41, 5.74) is 0. The van der Waals surface area contributed by atoms with Gasteiger partial charge in [-0.15, -0.1) is 0 Å². The fourth-order valence-electron chi connectivity index (χ4n) is 0.963. The third-order valence-electron chi connectivity index (χ3n) is 1.50. The van der Waals surface area contributed by atoms with Gasteiger partial charge in [0.2, 0.25) is 0 Å². The topological polar surface area (TPSA) is 18.5 Å². The molecule has 0 saturated carbocycles. The molecule has 0 fully saturated rings. The van der Waals surface area contributed by atoms with Gasteiger partial charge < -0.3 is 9.47 Å². The molecule has 0 bridgehead atoms. The van der Waals surface area contributed by atoms with Gasteiger partial charge in [0.25, 0.3) is 0 Å². The molecule has 0 spiro atoms. The van der Waals surface area contributed by atoms with Crippen molar-refractivity contribution < 1.29 is 18.3 Å². The van der Waals surface area contributed by atoms with Gasteiger partial charge in [-0.05, 0) is 50.9 Å². The van der Waals surface area contributed by atoms with E-state index in [1.807, 2.05) is 6.92 Å². The second-order valence-electron chi connectivity index (χ2n) is 2.52. The van der Waals surface area contributed by atoms with Crippen LogP contribution in [0.5, 0.6) is 11.5 Å². The highest BCUT2D eigenvalue weighted by Crippen LogP contribution is 2.36. The zero-order valence-electron chi connectivity index (χ0n) is 7.77. The molecule has 1 rings (SSSR count). The van der Waals surface area contributed by atoms with Crippen LogP contribution in [0, 0.1) is 0 Å². The van der Waals surface area contributed by atoms with E-state index in [4.69, 9.17) is 4.74 Å². The first kappa shape index (κ1) is 12.7. The van der Waals surface area contributed by atoms with Crippen molar-refractivity contribution in [3.8, 4) is 11.5 Å². The highest BCUT2D eigenvalue weighted by molar-refractivity contribution is 9.11. The Morgan fingerprint density at radius 2 is 1.73 bits per heavy atom. The Kier molecular flexibility index (Phi) is 4.79. The van der Waals surface area contributed by atoms with Crippen molar-refractivity contribution in [1.29, 1.82) is 0 Å². The Morgan fingerprint density at radius 3 is 2.27 bits per heavy atom. The molecule has 0 aromatic heterocycles. The Labute approximate surface area is 103 Å². The Bertz CT molecular complexity index is 345. The Hall–Kier alpha value is -0.360. The maximum atomic E-state index is 12.0. The number of hydrogen-bond acceptors (Lipinski definition) is 2. The minimum atomic E-state index is -2.84. The van der Waals surface area contributed by atoms with Gasteiger partial charge in [0.15, 0.2) is 0 Å². The van der Waals surface area contributed by atoms with Crippen molar-refractivity contribution in [3.05, 3.63) is 21.1 Å². The molecular weight excluding hydrogens is 338 g/mol. The van der Waals surface area contributed by atoms with E-state index < -0.39 is 6.61 Å². The highest BCUT2D eigenvalue weighted by Gasteiger charge is 2.12. The minimum Gasteiger partial charge on any atom is -0.493 e. The smallest absolute Gasteiger partial charge is 0.387 e. The minimum absolute atomic E-state index is 0.0697. The highest BCUT2D eigenvalue weighted by atomic mass is 79.9. The van der Waals surface area contributed by atoms with Crippen LogP contribution in [0.4, 0.5) is 8.78 Å². The van der Waals surface area contributed by atoms with Gasteiger partial charge in [-0.3, -0.25) is 0 Å². The van der Waals surface area contributed by atoms with Crippen LogP contribution in [-0.4, -0.2) is 13.2 Å². The van der Waals surface area contributed by atoms with E-state index >= 15 is 0 Å². The standard InChI is InChI=1S/C9H8Br2F2O2/c1-2-14-7-3-6(11)8(4-5(7)10)15-9(12)13/h3-4,9H,2H2,1H3. The molecule has 1 aromatic rings. The lowest BCUT2D eigenvalue weighted by Crippen LogP contribution is -2.03. The molecule has 15 heavy (non-hydrogen) atoms. The van der Waals surface area contributed by atoms with Crippen LogP contribution in [0.15, 0.2) is 21.1 Å². The fourth-order valence-corrected chi connectivity index (χ4v) is 1.82. The van der Waals surface area contributed by atoms with Crippen LogP contribution < -0.4 is 9.47 Å². The summed E-state index contributed by atoms with van der Waals surface area (Å²) in [6.07, 6.45) is 0. The predicted molar refractivity (Wildman–Crippen MR) is 59.6 cm³/mol. The van der Waals surface area contributed by atoms with E-state index in [2.05, 4.69) is 36.6 Å². The number of ether oxygens (including phenoxy) is 2. The molecule has 2 nitrogen and oxygen atoms in total. The van der Waals surface area contributed by atoms with Crippen LogP contribution in [-0.2, 0) is 0 Å². The van der Waals surface area contributed by atoms with Crippen LogP contribution in [0.25, 0.3) is 0 Å². The van der Waals surface area contributed by atoms with Crippen molar-refractivity contribution in [3.63, 3.8) is 0 Å². The second kappa shape index (κ2) is 5.65. The van der Waals surface area contributed by atoms with Gasteiger partial charge in [-0.2, -0.15) is 8.78 Å². The molecule has 0 radical (unpaired) electrons. The molecule has 0 unspecified atom stereocenters. The van der Waals surface area contributed by atoms with E-state index in [0.29, 0.717) is 21.3 Å².